The molecule has 1 fully saturated rings. The summed E-state index contributed by atoms with van der Waals surface area (Å²) >= 11 is 0. The molecule has 8 heteroatoms. The zero-order valence-corrected chi connectivity index (χ0v) is 11.3. The first-order valence-corrected chi connectivity index (χ1v) is 7.57. The van der Waals surface area contributed by atoms with Crippen molar-refractivity contribution in [3.63, 3.8) is 0 Å². The van der Waals surface area contributed by atoms with E-state index in [1.54, 1.807) is 0 Å². The zero-order chi connectivity index (χ0) is 14.9. The molecule has 3 N–H and O–H groups in total. The smallest absolute Gasteiger partial charge is 0.335 e. The summed E-state index contributed by atoms with van der Waals surface area (Å²) in [5.41, 5.74) is 0.532. The molecule has 1 aliphatic heterocycles. The number of carboxylic acids is 1. The van der Waals surface area contributed by atoms with Crippen LogP contribution in [-0.2, 0) is 15.8 Å². The fourth-order valence-electron chi connectivity index (χ4n) is 2.01. The van der Waals surface area contributed by atoms with Gasteiger partial charge in [-0.15, -0.1) is 0 Å². The van der Waals surface area contributed by atoms with Crippen molar-refractivity contribution in [1.82, 2.24) is 4.31 Å². The summed E-state index contributed by atoms with van der Waals surface area (Å²) in [5, 5.41) is 27.5. The summed E-state index contributed by atoms with van der Waals surface area (Å²) in [4.78, 5) is 10.7. The van der Waals surface area contributed by atoms with Crippen molar-refractivity contribution in [3.05, 3.63) is 35.4 Å². The normalized spacial score (nSPS) is 23.9. The molecular formula is C12H15NO6S. The lowest BCUT2D eigenvalue weighted by Gasteiger charge is -2.15. The minimum atomic E-state index is -3.65. The number of carbonyl (C=O) groups is 1. The number of aliphatic hydroxyl groups is 2. The molecule has 0 aromatic heterocycles. The summed E-state index contributed by atoms with van der Waals surface area (Å²) < 4.78 is 25.2. The number of aromatic carboxylic acids is 1. The third-order valence-electron chi connectivity index (χ3n) is 3.17. The van der Waals surface area contributed by atoms with E-state index in [1.165, 1.54) is 24.3 Å². The molecule has 20 heavy (non-hydrogen) atoms. The average molecular weight is 301 g/mol. The Morgan fingerprint density at radius 2 is 1.65 bits per heavy atom. The molecule has 0 radical (unpaired) electrons. The van der Waals surface area contributed by atoms with E-state index in [0.29, 0.717) is 5.56 Å². The van der Waals surface area contributed by atoms with Crippen LogP contribution in [0.15, 0.2) is 24.3 Å². The molecule has 0 saturated carbocycles. The van der Waals surface area contributed by atoms with E-state index < -0.39 is 28.2 Å². The first-order chi connectivity index (χ1) is 9.29. The van der Waals surface area contributed by atoms with Crippen molar-refractivity contribution in [2.45, 2.75) is 18.0 Å². The maximum atomic E-state index is 12.1. The van der Waals surface area contributed by atoms with Crippen LogP contribution in [0.3, 0.4) is 0 Å². The van der Waals surface area contributed by atoms with Crippen molar-refractivity contribution in [1.29, 1.82) is 0 Å². The Hall–Kier alpha value is -1.48. The number of hydrogen-bond acceptors (Lipinski definition) is 5. The molecular weight excluding hydrogens is 286 g/mol. The van der Waals surface area contributed by atoms with Gasteiger partial charge in [-0.1, -0.05) is 12.1 Å². The van der Waals surface area contributed by atoms with Gasteiger partial charge in [-0.05, 0) is 17.7 Å². The molecule has 1 aromatic rings. The molecule has 2 rings (SSSR count). The first-order valence-electron chi connectivity index (χ1n) is 5.96. The Kier molecular flexibility index (Phi) is 4.09. The number of benzene rings is 1. The maximum Gasteiger partial charge on any atom is 0.335 e. The average Bonchev–Trinajstić information content (AvgIpc) is 2.71. The molecule has 0 unspecified atom stereocenters. The van der Waals surface area contributed by atoms with Crippen LogP contribution in [0, 0.1) is 0 Å². The van der Waals surface area contributed by atoms with Crippen molar-refractivity contribution < 1.29 is 28.5 Å². The number of β-amino-alcohol motifs (C(OH)–C–C–N with tert-alkyl or cyclic N) is 2. The van der Waals surface area contributed by atoms with Crippen LogP contribution in [0.4, 0.5) is 0 Å². The number of sulfonamides is 1. The van der Waals surface area contributed by atoms with Crippen LogP contribution < -0.4 is 0 Å². The Labute approximate surface area is 116 Å². The molecule has 0 spiro atoms. The number of aliphatic hydroxyl groups excluding tert-OH is 2. The van der Waals surface area contributed by atoms with Crippen LogP contribution in [-0.4, -0.2) is 59.3 Å². The zero-order valence-electron chi connectivity index (χ0n) is 10.5. The van der Waals surface area contributed by atoms with Crippen LogP contribution in [0.2, 0.25) is 0 Å². The number of rotatable bonds is 4. The fraction of sp³-hybridized carbons (Fsp3) is 0.417. The molecule has 7 nitrogen and oxygen atoms in total. The molecule has 1 heterocycles. The van der Waals surface area contributed by atoms with Gasteiger partial charge in [0, 0.05) is 13.1 Å². The van der Waals surface area contributed by atoms with Gasteiger partial charge in [0.05, 0.1) is 23.5 Å². The van der Waals surface area contributed by atoms with Crippen LogP contribution in [0.1, 0.15) is 15.9 Å². The van der Waals surface area contributed by atoms with Crippen molar-refractivity contribution in [2.75, 3.05) is 13.1 Å². The minimum absolute atomic E-state index is 0.0816. The summed E-state index contributed by atoms with van der Waals surface area (Å²) in [5.74, 6) is -1.38. The highest BCUT2D eigenvalue weighted by molar-refractivity contribution is 7.88. The Bertz CT molecular complexity index is 587. The monoisotopic (exact) mass is 301 g/mol. The van der Waals surface area contributed by atoms with Gasteiger partial charge >= 0.3 is 5.97 Å². The van der Waals surface area contributed by atoms with E-state index >= 15 is 0 Å². The summed E-state index contributed by atoms with van der Waals surface area (Å²) in [6, 6.07) is 5.54. The van der Waals surface area contributed by atoms with E-state index in [4.69, 9.17) is 5.11 Å². The molecule has 0 aliphatic carbocycles. The fourth-order valence-corrected chi connectivity index (χ4v) is 3.56. The quantitative estimate of drug-likeness (QED) is 0.674. The minimum Gasteiger partial charge on any atom is -0.478 e. The lowest BCUT2D eigenvalue weighted by molar-refractivity contribution is 0.0572. The highest BCUT2D eigenvalue weighted by Gasteiger charge is 2.36. The Morgan fingerprint density at radius 3 is 2.10 bits per heavy atom. The van der Waals surface area contributed by atoms with Crippen molar-refractivity contribution in [3.8, 4) is 0 Å². The van der Waals surface area contributed by atoms with Gasteiger partial charge in [-0.2, -0.15) is 4.31 Å². The van der Waals surface area contributed by atoms with Gasteiger partial charge in [0.2, 0.25) is 10.0 Å². The predicted octanol–water partition coefficient (Wildman–Crippen LogP) is -0.748. The summed E-state index contributed by atoms with van der Waals surface area (Å²) in [7, 11) is -3.65. The first kappa shape index (κ1) is 14.9. The lowest BCUT2D eigenvalue weighted by Crippen LogP contribution is -2.31. The molecule has 0 bridgehead atoms. The van der Waals surface area contributed by atoms with E-state index in [2.05, 4.69) is 0 Å². The van der Waals surface area contributed by atoms with Gasteiger partial charge < -0.3 is 15.3 Å². The summed E-state index contributed by atoms with van der Waals surface area (Å²) in [6.07, 6.45) is -2.14. The Morgan fingerprint density at radius 1 is 1.15 bits per heavy atom. The van der Waals surface area contributed by atoms with Crippen LogP contribution in [0.5, 0.6) is 0 Å². The van der Waals surface area contributed by atoms with Gasteiger partial charge in [-0.25, -0.2) is 13.2 Å². The van der Waals surface area contributed by atoms with Gasteiger partial charge in [0.25, 0.3) is 0 Å². The second kappa shape index (κ2) is 5.49. The lowest BCUT2D eigenvalue weighted by atomic mass is 10.1. The maximum absolute atomic E-state index is 12.1. The predicted molar refractivity (Wildman–Crippen MR) is 69.6 cm³/mol. The van der Waals surface area contributed by atoms with E-state index in [-0.39, 0.29) is 24.4 Å². The third-order valence-corrected chi connectivity index (χ3v) is 4.95. The molecule has 0 amide bonds. The largest absolute Gasteiger partial charge is 0.478 e. The summed E-state index contributed by atoms with van der Waals surface area (Å²) in [6.45, 7) is -0.257. The van der Waals surface area contributed by atoms with Gasteiger partial charge in [0.1, 0.15) is 0 Å². The topological polar surface area (TPSA) is 115 Å². The molecule has 1 aliphatic rings. The second-order valence-electron chi connectivity index (χ2n) is 4.71. The number of carboxylic acid groups (broad SMARTS) is 1. The molecule has 1 saturated heterocycles. The van der Waals surface area contributed by atoms with E-state index in [1.807, 2.05) is 0 Å². The van der Waals surface area contributed by atoms with E-state index in [9.17, 15) is 23.4 Å². The third kappa shape index (κ3) is 3.15. The highest BCUT2D eigenvalue weighted by Crippen LogP contribution is 2.18. The van der Waals surface area contributed by atoms with Crippen molar-refractivity contribution in [2.24, 2.45) is 0 Å². The highest BCUT2D eigenvalue weighted by atomic mass is 32.2. The van der Waals surface area contributed by atoms with Gasteiger partial charge in [-0.3, -0.25) is 0 Å². The number of hydrogen-bond donors (Lipinski definition) is 3. The van der Waals surface area contributed by atoms with Crippen LogP contribution in [0.25, 0.3) is 0 Å². The second-order valence-corrected chi connectivity index (χ2v) is 6.68. The Balaban J connectivity index is 2.10. The van der Waals surface area contributed by atoms with Crippen LogP contribution >= 0.6 is 0 Å². The SMILES string of the molecule is O=C(O)c1ccc(CS(=O)(=O)N2C[C@@H](O)[C@@H](O)C2)cc1. The van der Waals surface area contributed by atoms with E-state index in [0.717, 1.165) is 4.31 Å². The molecule has 110 valence electrons. The standard InChI is InChI=1S/C12H15NO6S/c14-10-5-13(6-11(10)15)20(18,19)7-8-1-3-9(4-2-8)12(16)17/h1-4,10-11,14-15H,5-7H2,(H,16,17)/t10-,11+. The molecule has 1 aromatic carbocycles. The molecule has 2 atom stereocenters. The number of nitrogens with zero attached hydrogens (tertiary/aromatic N) is 1. The van der Waals surface area contributed by atoms with Gasteiger partial charge in [0.15, 0.2) is 0 Å². The van der Waals surface area contributed by atoms with Crippen molar-refractivity contribution >= 4 is 16.0 Å².